The van der Waals surface area contributed by atoms with Crippen molar-refractivity contribution in [3.8, 4) is 0 Å². The first-order valence-corrected chi connectivity index (χ1v) is 3.42. The predicted octanol–water partition coefficient (Wildman–Crippen LogP) is 1.91. The quantitative estimate of drug-likeness (QED) is 0.570. The summed E-state index contributed by atoms with van der Waals surface area (Å²) in [4.78, 5) is 0. The highest BCUT2D eigenvalue weighted by Crippen LogP contribution is 2.40. The van der Waals surface area contributed by atoms with Gasteiger partial charge in [-0.3, -0.25) is 0 Å². The third kappa shape index (κ3) is 1.65. The normalized spacial score (nSPS) is 22.7. The molecule has 0 unspecified atom stereocenters. The van der Waals surface area contributed by atoms with Crippen LogP contribution in [0.25, 0.3) is 0 Å². The molecule has 0 atom stereocenters. The zero-order valence-electron chi connectivity index (χ0n) is 5.98. The molecule has 1 rings (SSSR count). The Morgan fingerprint density at radius 2 is 2.11 bits per heavy atom. The summed E-state index contributed by atoms with van der Waals surface area (Å²) < 4.78 is 17.4. The predicted molar refractivity (Wildman–Crippen MR) is 34.2 cm³/mol. The molecule has 2 heteroatoms. The van der Waals surface area contributed by atoms with Gasteiger partial charge < -0.3 is 4.74 Å². The number of hydrogen-bond acceptors (Lipinski definition) is 1. The van der Waals surface area contributed by atoms with Gasteiger partial charge in [0.05, 0.1) is 11.7 Å². The van der Waals surface area contributed by atoms with Crippen LogP contribution >= 0.6 is 0 Å². The molecule has 1 aliphatic carbocycles. The van der Waals surface area contributed by atoms with Crippen LogP contribution in [-0.4, -0.2) is 18.4 Å². The van der Waals surface area contributed by atoms with Crippen LogP contribution in [0.1, 0.15) is 26.7 Å². The van der Waals surface area contributed by atoms with E-state index >= 15 is 0 Å². The van der Waals surface area contributed by atoms with Crippen molar-refractivity contribution in [1.29, 1.82) is 0 Å². The summed E-state index contributed by atoms with van der Waals surface area (Å²) >= 11 is 0. The van der Waals surface area contributed by atoms with Crippen LogP contribution in [0.2, 0.25) is 0 Å². The Kier molecular flexibility index (Phi) is 1.75. The molecule has 0 aromatic heterocycles. The van der Waals surface area contributed by atoms with Crippen molar-refractivity contribution < 1.29 is 9.13 Å². The lowest BCUT2D eigenvalue weighted by Gasteiger charge is -2.14. The van der Waals surface area contributed by atoms with Crippen molar-refractivity contribution in [2.75, 3.05) is 6.67 Å². The molecule has 0 amide bonds. The third-order valence-electron chi connectivity index (χ3n) is 1.54. The van der Waals surface area contributed by atoms with Gasteiger partial charge in [-0.2, -0.15) is 0 Å². The first-order valence-electron chi connectivity index (χ1n) is 3.42. The molecule has 1 saturated carbocycles. The first kappa shape index (κ1) is 7.00. The summed E-state index contributed by atoms with van der Waals surface area (Å²) in [5, 5.41) is 0. The van der Waals surface area contributed by atoms with Gasteiger partial charge in [-0.05, 0) is 26.7 Å². The summed E-state index contributed by atoms with van der Waals surface area (Å²) in [5.74, 6) is 0. The summed E-state index contributed by atoms with van der Waals surface area (Å²) in [5.41, 5.74) is -0.353. The zero-order chi connectivity index (χ0) is 6.91. The maximum absolute atomic E-state index is 12.1. The molecule has 9 heavy (non-hydrogen) atoms. The lowest BCUT2D eigenvalue weighted by atomic mass is 10.3. The van der Waals surface area contributed by atoms with Crippen LogP contribution < -0.4 is 0 Å². The SMILES string of the molecule is CC(C)OC1(CF)CC1. The van der Waals surface area contributed by atoms with E-state index in [1.807, 2.05) is 13.8 Å². The second kappa shape index (κ2) is 2.25. The summed E-state index contributed by atoms with van der Waals surface area (Å²) in [6, 6.07) is 0. The molecule has 1 fully saturated rings. The fourth-order valence-corrected chi connectivity index (χ4v) is 0.922. The molecule has 1 aliphatic rings. The van der Waals surface area contributed by atoms with Gasteiger partial charge in [-0.1, -0.05) is 0 Å². The molecule has 0 aliphatic heterocycles. The number of ether oxygens (including phenoxy) is 1. The summed E-state index contributed by atoms with van der Waals surface area (Å²) in [6.45, 7) is 3.57. The highest BCUT2D eigenvalue weighted by Gasteiger charge is 2.44. The molecule has 0 saturated heterocycles. The Hall–Kier alpha value is -0.110. The molecule has 0 radical (unpaired) electrons. The van der Waals surface area contributed by atoms with Crippen molar-refractivity contribution in [3.05, 3.63) is 0 Å². The van der Waals surface area contributed by atoms with Crippen molar-refractivity contribution >= 4 is 0 Å². The van der Waals surface area contributed by atoms with Gasteiger partial charge in [-0.25, -0.2) is 4.39 Å². The molecule has 0 bridgehead atoms. The second-order valence-electron chi connectivity index (χ2n) is 2.98. The van der Waals surface area contributed by atoms with Crippen LogP contribution in [0, 0.1) is 0 Å². The standard InChI is InChI=1S/C7H13FO/c1-6(2)9-7(5-8)3-4-7/h6H,3-5H2,1-2H3. The average Bonchev–Trinajstić information content (AvgIpc) is 2.48. The number of halogens is 1. The summed E-state index contributed by atoms with van der Waals surface area (Å²) in [7, 11) is 0. The van der Waals surface area contributed by atoms with E-state index in [9.17, 15) is 4.39 Å². The van der Waals surface area contributed by atoms with E-state index in [0.29, 0.717) is 0 Å². The van der Waals surface area contributed by atoms with Crippen molar-refractivity contribution in [2.24, 2.45) is 0 Å². The van der Waals surface area contributed by atoms with Gasteiger partial charge in [-0.15, -0.1) is 0 Å². The minimum absolute atomic E-state index is 0.170. The fraction of sp³-hybridized carbons (Fsp3) is 1.00. The molecule has 0 heterocycles. The molecule has 0 aromatic carbocycles. The monoisotopic (exact) mass is 132 g/mol. The minimum atomic E-state index is -0.353. The minimum Gasteiger partial charge on any atom is -0.370 e. The van der Waals surface area contributed by atoms with E-state index in [4.69, 9.17) is 4.74 Å². The van der Waals surface area contributed by atoms with Gasteiger partial charge in [0.2, 0.25) is 0 Å². The van der Waals surface area contributed by atoms with Crippen LogP contribution in [0.3, 0.4) is 0 Å². The van der Waals surface area contributed by atoms with Gasteiger partial charge >= 0.3 is 0 Å². The Bertz CT molecular complexity index is 97.1. The van der Waals surface area contributed by atoms with Crippen molar-refractivity contribution in [1.82, 2.24) is 0 Å². The average molecular weight is 132 g/mol. The lowest BCUT2D eigenvalue weighted by Crippen LogP contribution is -2.21. The Morgan fingerprint density at radius 1 is 1.56 bits per heavy atom. The van der Waals surface area contributed by atoms with E-state index in [-0.39, 0.29) is 18.4 Å². The smallest absolute Gasteiger partial charge is 0.118 e. The number of hydrogen-bond donors (Lipinski definition) is 0. The van der Waals surface area contributed by atoms with Gasteiger partial charge in [0, 0.05) is 0 Å². The highest BCUT2D eigenvalue weighted by molar-refractivity contribution is 4.95. The van der Waals surface area contributed by atoms with Crippen molar-refractivity contribution in [2.45, 2.75) is 38.4 Å². The Balaban J connectivity index is 2.25. The molecule has 0 aromatic rings. The Labute approximate surface area is 55.2 Å². The second-order valence-corrected chi connectivity index (χ2v) is 2.98. The van der Waals surface area contributed by atoms with E-state index in [1.165, 1.54) is 0 Å². The van der Waals surface area contributed by atoms with Gasteiger partial charge in [0.1, 0.15) is 6.67 Å². The van der Waals surface area contributed by atoms with Crippen LogP contribution in [0.15, 0.2) is 0 Å². The molecular formula is C7H13FO. The maximum atomic E-state index is 12.1. The first-order chi connectivity index (χ1) is 4.18. The number of rotatable bonds is 3. The van der Waals surface area contributed by atoms with Crippen LogP contribution in [-0.2, 0) is 4.74 Å². The van der Waals surface area contributed by atoms with E-state index < -0.39 is 0 Å². The third-order valence-corrected chi connectivity index (χ3v) is 1.54. The largest absolute Gasteiger partial charge is 0.370 e. The van der Waals surface area contributed by atoms with Crippen LogP contribution in [0.4, 0.5) is 4.39 Å². The molecular weight excluding hydrogens is 119 g/mol. The van der Waals surface area contributed by atoms with E-state index in [1.54, 1.807) is 0 Å². The maximum Gasteiger partial charge on any atom is 0.118 e. The molecule has 1 nitrogen and oxygen atoms in total. The zero-order valence-corrected chi connectivity index (χ0v) is 5.98. The molecule has 0 N–H and O–H groups in total. The van der Waals surface area contributed by atoms with E-state index in [2.05, 4.69) is 0 Å². The van der Waals surface area contributed by atoms with Gasteiger partial charge in [0.25, 0.3) is 0 Å². The topological polar surface area (TPSA) is 9.23 Å². The van der Waals surface area contributed by atoms with E-state index in [0.717, 1.165) is 12.8 Å². The van der Waals surface area contributed by atoms with Gasteiger partial charge in [0.15, 0.2) is 0 Å². The molecule has 0 spiro atoms. The van der Waals surface area contributed by atoms with Crippen molar-refractivity contribution in [3.63, 3.8) is 0 Å². The lowest BCUT2D eigenvalue weighted by molar-refractivity contribution is -0.0244. The fourth-order valence-electron chi connectivity index (χ4n) is 0.922. The Morgan fingerprint density at radius 3 is 2.22 bits per heavy atom. The molecule has 54 valence electrons. The highest BCUT2D eigenvalue weighted by atomic mass is 19.1. The summed E-state index contributed by atoms with van der Waals surface area (Å²) in [6.07, 6.45) is 1.98. The number of alkyl halides is 1. The van der Waals surface area contributed by atoms with Crippen LogP contribution in [0.5, 0.6) is 0 Å².